The van der Waals surface area contributed by atoms with Crippen molar-refractivity contribution in [3.8, 4) is 11.5 Å². The monoisotopic (exact) mass is 386 g/mol. The van der Waals surface area contributed by atoms with Crippen molar-refractivity contribution < 1.29 is 24.2 Å². The summed E-state index contributed by atoms with van der Waals surface area (Å²) in [6, 6.07) is 12.5. The molecule has 28 heavy (non-hydrogen) atoms. The summed E-state index contributed by atoms with van der Waals surface area (Å²) in [5.41, 5.74) is 0.992. The molecule has 0 saturated carbocycles. The van der Waals surface area contributed by atoms with Gasteiger partial charge in [-0.05, 0) is 49.2 Å². The molecule has 0 aliphatic heterocycles. The van der Waals surface area contributed by atoms with Gasteiger partial charge >= 0.3 is 11.8 Å². The molecule has 0 fully saturated rings. The Labute approximate surface area is 164 Å². The number of anilines is 1. The minimum atomic E-state index is -1.22. The normalized spacial score (nSPS) is 12.6. The fraction of sp³-hybridized carbons (Fsp3) is 0.333. The molecular formula is C21H26N2O5. The first-order valence-electron chi connectivity index (χ1n) is 8.83. The Kier molecular flexibility index (Phi) is 7.00. The Morgan fingerprint density at radius 3 is 2.32 bits per heavy atom. The number of aryl methyl sites for hydroxylation is 1. The van der Waals surface area contributed by atoms with Crippen LogP contribution in [0.25, 0.3) is 0 Å². The summed E-state index contributed by atoms with van der Waals surface area (Å²) in [5, 5.41) is 15.5. The molecule has 0 aromatic heterocycles. The smallest absolute Gasteiger partial charge is 0.313 e. The first-order chi connectivity index (χ1) is 13.2. The van der Waals surface area contributed by atoms with Gasteiger partial charge in [-0.2, -0.15) is 0 Å². The molecule has 7 heteroatoms. The van der Waals surface area contributed by atoms with Crippen LogP contribution < -0.4 is 20.1 Å². The Morgan fingerprint density at radius 1 is 1.04 bits per heavy atom. The lowest BCUT2D eigenvalue weighted by molar-refractivity contribution is -0.136. The van der Waals surface area contributed by atoms with Gasteiger partial charge in [0.15, 0.2) is 0 Å². The summed E-state index contributed by atoms with van der Waals surface area (Å²) >= 11 is 0. The largest absolute Gasteiger partial charge is 0.497 e. The number of carbonyl (C=O) groups excluding carboxylic acids is 2. The van der Waals surface area contributed by atoms with Gasteiger partial charge in [-0.3, -0.25) is 9.59 Å². The van der Waals surface area contributed by atoms with Crippen molar-refractivity contribution in [2.75, 3.05) is 26.1 Å². The van der Waals surface area contributed by atoms with E-state index >= 15 is 0 Å². The number of aliphatic hydroxyl groups is 1. The van der Waals surface area contributed by atoms with Gasteiger partial charge in [0.05, 0.1) is 25.5 Å². The van der Waals surface area contributed by atoms with E-state index in [1.54, 1.807) is 38.3 Å². The average Bonchev–Trinajstić information content (AvgIpc) is 2.66. The van der Waals surface area contributed by atoms with Gasteiger partial charge in [0.2, 0.25) is 0 Å². The van der Waals surface area contributed by atoms with Crippen LogP contribution in [0.4, 0.5) is 5.69 Å². The fourth-order valence-electron chi connectivity index (χ4n) is 2.70. The lowest BCUT2D eigenvalue weighted by atomic mass is 9.96. The lowest BCUT2D eigenvalue weighted by Crippen LogP contribution is -2.45. The molecule has 1 unspecified atom stereocenters. The second-order valence-corrected chi connectivity index (χ2v) is 6.86. The Hall–Kier alpha value is -3.06. The zero-order chi connectivity index (χ0) is 20.7. The van der Waals surface area contributed by atoms with Crippen molar-refractivity contribution in [2.24, 2.45) is 0 Å². The maximum atomic E-state index is 12.2. The molecule has 0 bridgehead atoms. The summed E-state index contributed by atoms with van der Waals surface area (Å²) in [7, 11) is 3.06. The van der Waals surface area contributed by atoms with Crippen LogP contribution in [-0.4, -0.2) is 43.3 Å². The van der Waals surface area contributed by atoms with E-state index in [9.17, 15) is 14.7 Å². The zero-order valence-electron chi connectivity index (χ0n) is 16.5. The van der Waals surface area contributed by atoms with E-state index in [0.29, 0.717) is 17.9 Å². The number of rotatable bonds is 7. The van der Waals surface area contributed by atoms with Crippen molar-refractivity contribution in [1.29, 1.82) is 0 Å². The first-order valence-corrected chi connectivity index (χ1v) is 8.83. The summed E-state index contributed by atoms with van der Waals surface area (Å²) < 4.78 is 10.3. The van der Waals surface area contributed by atoms with Crippen molar-refractivity contribution >= 4 is 17.5 Å². The maximum absolute atomic E-state index is 12.2. The minimum Gasteiger partial charge on any atom is -0.497 e. The molecule has 0 aliphatic rings. The average molecular weight is 386 g/mol. The summed E-state index contributed by atoms with van der Waals surface area (Å²) in [5.74, 6) is -0.485. The van der Waals surface area contributed by atoms with E-state index in [1.165, 1.54) is 7.11 Å². The Morgan fingerprint density at radius 2 is 1.71 bits per heavy atom. The van der Waals surface area contributed by atoms with Crippen molar-refractivity contribution in [3.63, 3.8) is 0 Å². The summed E-state index contributed by atoms with van der Waals surface area (Å²) in [6.45, 7) is 3.39. The molecule has 150 valence electrons. The molecule has 0 saturated heterocycles. The van der Waals surface area contributed by atoms with Crippen LogP contribution in [0.15, 0.2) is 42.5 Å². The fourth-order valence-corrected chi connectivity index (χ4v) is 2.70. The topological polar surface area (TPSA) is 96.9 Å². The highest BCUT2D eigenvalue weighted by atomic mass is 16.5. The molecule has 0 radical (unpaired) electrons. The molecule has 2 rings (SSSR count). The highest BCUT2D eigenvalue weighted by Gasteiger charge is 2.24. The lowest BCUT2D eigenvalue weighted by Gasteiger charge is -2.23. The third-order valence-electron chi connectivity index (χ3n) is 4.18. The zero-order valence-corrected chi connectivity index (χ0v) is 16.5. The molecule has 0 heterocycles. The van der Waals surface area contributed by atoms with Gasteiger partial charge in [0.25, 0.3) is 0 Å². The van der Waals surface area contributed by atoms with Gasteiger partial charge < -0.3 is 25.2 Å². The maximum Gasteiger partial charge on any atom is 0.313 e. The van der Waals surface area contributed by atoms with Crippen molar-refractivity contribution in [3.05, 3.63) is 53.6 Å². The van der Waals surface area contributed by atoms with Gasteiger partial charge in [0, 0.05) is 13.0 Å². The SMILES string of the molecule is COc1ccc(CC(C)(O)CNC(=O)C(=O)Nc2cc(C)ccc2OC)cc1. The van der Waals surface area contributed by atoms with E-state index in [4.69, 9.17) is 9.47 Å². The number of methoxy groups -OCH3 is 2. The van der Waals surface area contributed by atoms with Gasteiger partial charge in [0.1, 0.15) is 11.5 Å². The van der Waals surface area contributed by atoms with Crippen molar-refractivity contribution in [1.82, 2.24) is 5.32 Å². The molecular weight excluding hydrogens is 360 g/mol. The molecule has 3 N–H and O–H groups in total. The predicted molar refractivity (Wildman–Crippen MR) is 107 cm³/mol. The van der Waals surface area contributed by atoms with Gasteiger partial charge in [-0.25, -0.2) is 0 Å². The predicted octanol–water partition coefficient (Wildman–Crippen LogP) is 2.06. The van der Waals surface area contributed by atoms with E-state index in [0.717, 1.165) is 16.9 Å². The van der Waals surface area contributed by atoms with Crippen LogP contribution in [0, 0.1) is 6.92 Å². The Balaban J connectivity index is 1.92. The van der Waals surface area contributed by atoms with Gasteiger partial charge in [-0.15, -0.1) is 0 Å². The number of amides is 2. The first kappa shape index (κ1) is 21.2. The van der Waals surface area contributed by atoms with Gasteiger partial charge in [-0.1, -0.05) is 18.2 Å². The number of hydrogen-bond acceptors (Lipinski definition) is 5. The number of benzene rings is 2. The summed E-state index contributed by atoms with van der Waals surface area (Å²) in [4.78, 5) is 24.3. The van der Waals surface area contributed by atoms with Crippen LogP contribution in [0.1, 0.15) is 18.1 Å². The van der Waals surface area contributed by atoms with Crippen LogP contribution in [0.3, 0.4) is 0 Å². The number of ether oxygens (including phenoxy) is 2. The second-order valence-electron chi connectivity index (χ2n) is 6.86. The highest BCUT2D eigenvalue weighted by Crippen LogP contribution is 2.25. The van der Waals surface area contributed by atoms with Crippen LogP contribution in [0.2, 0.25) is 0 Å². The van der Waals surface area contributed by atoms with E-state index in [2.05, 4.69) is 10.6 Å². The van der Waals surface area contributed by atoms with E-state index in [1.807, 2.05) is 25.1 Å². The molecule has 2 aromatic carbocycles. The van der Waals surface area contributed by atoms with E-state index < -0.39 is 17.4 Å². The molecule has 0 aliphatic carbocycles. The third-order valence-corrected chi connectivity index (χ3v) is 4.18. The third kappa shape index (κ3) is 5.99. The standard InChI is InChI=1S/C21H26N2O5/c1-14-5-10-18(28-4)17(11-14)23-20(25)19(24)22-13-21(2,26)12-15-6-8-16(27-3)9-7-15/h5-11,26H,12-13H2,1-4H3,(H,22,24)(H,23,25). The number of hydrogen-bond donors (Lipinski definition) is 3. The Bertz CT molecular complexity index is 831. The van der Waals surface area contributed by atoms with Crippen LogP contribution in [0.5, 0.6) is 11.5 Å². The van der Waals surface area contributed by atoms with Crippen LogP contribution in [-0.2, 0) is 16.0 Å². The molecule has 1 atom stereocenters. The highest BCUT2D eigenvalue weighted by molar-refractivity contribution is 6.39. The number of carbonyl (C=O) groups is 2. The van der Waals surface area contributed by atoms with Crippen molar-refractivity contribution in [2.45, 2.75) is 25.9 Å². The van der Waals surface area contributed by atoms with E-state index in [-0.39, 0.29) is 6.54 Å². The minimum absolute atomic E-state index is 0.0732. The molecule has 7 nitrogen and oxygen atoms in total. The molecule has 2 aromatic rings. The quantitative estimate of drug-likeness (QED) is 0.633. The molecule has 0 spiro atoms. The molecule has 2 amide bonds. The second kappa shape index (κ2) is 9.23. The van der Waals surface area contributed by atoms with Crippen LogP contribution >= 0.6 is 0 Å². The summed E-state index contributed by atoms with van der Waals surface area (Å²) in [6.07, 6.45) is 0.310. The number of nitrogens with one attached hydrogen (secondary N) is 2.